The molecular weight excluding hydrogens is 348 g/mol. The molecule has 0 amide bonds. The molecule has 0 aliphatic heterocycles. The largest absolute Gasteiger partial charge is 0.357 e. The van der Waals surface area contributed by atoms with E-state index < -0.39 is 0 Å². The van der Waals surface area contributed by atoms with Gasteiger partial charge in [0.15, 0.2) is 5.96 Å². The predicted octanol–water partition coefficient (Wildman–Crippen LogP) is 4.44. The summed E-state index contributed by atoms with van der Waals surface area (Å²) in [5, 5.41) is 11.9. The maximum atomic E-state index is 4.71. The van der Waals surface area contributed by atoms with Crippen LogP contribution in [-0.4, -0.2) is 17.5 Å². The van der Waals surface area contributed by atoms with Crippen molar-refractivity contribution in [1.82, 2.24) is 15.6 Å². The van der Waals surface area contributed by atoms with E-state index in [1.165, 1.54) is 10.4 Å². The lowest BCUT2D eigenvalue weighted by atomic mass is 10.2. The fraction of sp³-hybridized carbons (Fsp3) is 0.263. The number of nitrogens with zero attached hydrogens (tertiary/aromatic N) is 2. The van der Waals surface area contributed by atoms with E-state index in [0.717, 1.165) is 28.8 Å². The van der Waals surface area contributed by atoms with Gasteiger partial charge in [-0.2, -0.15) is 0 Å². The number of thiazole rings is 1. The van der Waals surface area contributed by atoms with Crippen molar-refractivity contribution in [2.45, 2.75) is 26.9 Å². The van der Waals surface area contributed by atoms with Gasteiger partial charge < -0.3 is 10.6 Å². The molecule has 0 saturated carbocycles. The Hall–Kier alpha value is -2.18. The van der Waals surface area contributed by atoms with Gasteiger partial charge in [0.25, 0.3) is 0 Å². The summed E-state index contributed by atoms with van der Waals surface area (Å²) in [4.78, 5) is 10.7. The number of hydrogen-bond acceptors (Lipinski definition) is 4. The van der Waals surface area contributed by atoms with E-state index in [0.29, 0.717) is 13.1 Å². The average Bonchev–Trinajstić information content (AvgIpc) is 3.27. The highest BCUT2D eigenvalue weighted by Gasteiger charge is 2.06. The number of guanidine groups is 1. The number of aryl methyl sites for hydroxylation is 1. The maximum absolute atomic E-state index is 4.71. The van der Waals surface area contributed by atoms with Gasteiger partial charge in [-0.25, -0.2) is 9.98 Å². The second-order valence-electron chi connectivity index (χ2n) is 5.57. The van der Waals surface area contributed by atoms with Crippen molar-refractivity contribution in [2.24, 2.45) is 4.99 Å². The molecule has 0 bridgehead atoms. The molecule has 2 aromatic heterocycles. The SMILES string of the molecule is CCNC(=NCc1sccc1C)NCc1nc(-c2ccccc2)cs1. The van der Waals surface area contributed by atoms with Crippen LogP contribution in [0.1, 0.15) is 22.4 Å². The van der Waals surface area contributed by atoms with Gasteiger partial charge in [-0.3, -0.25) is 0 Å². The van der Waals surface area contributed by atoms with Crippen LogP contribution < -0.4 is 10.6 Å². The molecule has 0 aliphatic rings. The Bertz CT molecular complexity index is 821. The van der Waals surface area contributed by atoms with Gasteiger partial charge >= 0.3 is 0 Å². The fourth-order valence-corrected chi connectivity index (χ4v) is 3.92. The standard InChI is InChI=1S/C19H22N4S2/c1-3-20-19(21-11-17-14(2)9-10-24-17)22-12-18-23-16(13-25-18)15-7-5-4-6-8-15/h4-10,13H,3,11-12H2,1-2H3,(H2,20,21,22). The van der Waals surface area contributed by atoms with E-state index in [4.69, 9.17) is 4.98 Å². The number of aromatic nitrogens is 1. The molecule has 1 aromatic carbocycles. The monoisotopic (exact) mass is 370 g/mol. The molecule has 0 aliphatic carbocycles. The van der Waals surface area contributed by atoms with E-state index in [9.17, 15) is 0 Å². The van der Waals surface area contributed by atoms with Crippen LogP contribution >= 0.6 is 22.7 Å². The summed E-state index contributed by atoms with van der Waals surface area (Å²) >= 11 is 3.42. The number of aliphatic imine (C=N–C) groups is 1. The summed E-state index contributed by atoms with van der Waals surface area (Å²) in [7, 11) is 0. The Morgan fingerprint density at radius 1 is 1.12 bits per heavy atom. The van der Waals surface area contributed by atoms with Crippen LogP contribution in [0, 0.1) is 6.92 Å². The minimum absolute atomic E-state index is 0.673. The number of rotatable bonds is 6. The van der Waals surface area contributed by atoms with Crippen molar-refractivity contribution >= 4 is 28.6 Å². The first-order chi connectivity index (χ1) is 12.3. The molecule has 130 valence electrons. The van der Waals surface area contributed by atoms with Gasteiger partial charge in [-0.1, -0.05) is 30.3 Å². The van der Waals surface area contributed by atoms with Gasteiger partial charge in [0.2, 0.25) is 0 Å². The summed E-state index contributed by atoms with van der Waals surface area (Å²) < 4.78 is 0. The molecule has 3 aromatic rings. The molecular formula is C19H22N4S2. The number of nitrogens with one attached hydrogen (secondary N) is 2. The molecule has 6 heteroatoms. The molecule has 0 atom stereocenters. The lowest BCUT2D eigenvalue weighted by Crippen LogP contribution is -2.36. The van der Waals surface area contributed by atoms with Crippen LogP contribution in [-0.2, 0) is 13.1 Å². The fourth-order valence-electron chi connectivity index (χ4n) is 2.35. The molecule has 3 rings (SSSR count). The molecule has 0 fully saturated rings. The molecule has 0 unspecified atom stereocenters. The van der Waals surface area contributed by atoms with Gasteiger partial charge in [0.05, 0.1) is 18.8 Å². The first kappa shape index (κ1) is 17.6. The number of hydrogen-bond donors (Lipinski definition) is 2. The minimum Gasteiger partial charge on any atom is -0.357 e. The zero-order chi connectivity index (χ0) is 17.5. The summed E-state index contributed by atoms with van der Waals surface area (Å²) in [6.45, 7) is 6.41. The van der Waals surface area contributed by atoms with E-state index in [2.05, 4.69) is 58.4 Å². The summed E-state index contributed by atoms with van der Waals surface area (Å²) in [6, 6.07) is 12.4. The highest BCUT2D eigenvalue weighted by atomic mass is 32.1. The zero-order valence-corrected chi connectivity index (χ0v) is 16.1. The normalized spacial score (nSPS) is 11.5. The maximum Gasteiger partial charge on any atom is 0.191 e. The lowest BCUT2D eigenvalue weighted by molar-refractivity contribution is 0.813. The van der Waals surface area contributed by atoms with Crippen LogP contribution in [0.15, 0.2) is 52.2 Å². The summed E-state index contributed by atoms with van der Waals surface area (Å²) in [5.41, 5.74) is 3.48. The van der Waals surface area contributed by atoms with E-state index in [1.807, 2.05) is 18.2 Å². The van der Waals surface area contributed by atoms with E-state index >= 15 is 0 Å². The van der Waals surface area contributed by atoms with Gasteiger partial charge in [0, 0.05) is 22.4 Å². The smallest absolute Gasteiger partial charge is 0.191 e. The highest BCUT2D eigenvalue weighted by Crippen LogP contribution is 2.21. The van der Waals surface area contributed by atoms with Crippen LogP contribution in [0.5, 0.6) is 0 Å². The topological polar surface area (TPSA) is 49.3 Å². The van der Waals surface area contributed by atoms with Crippen molar-refractivity contribution in [1.29, 1.82) is 0 Å². The first-order valence-electron chi connectivity index (χ1n) is 8.31. The molecule has 2 N–H and O–H groups in total. The first-order valence-corrected chi connectivity index (χ1v) is 10.1. The lowest BCUT2D eigenvalue weighted by Gasteiger charge is -2.10. The second-order valence-corrected chi connectivity index (χ2v) is 7.51. The molecule has 0 spiro atoms. The van der Waals surface area contributed by atoms with Gasteiger partial charge in [-0.15, -0.1) is 22.7 Å². The summed E-state index contributed by atoms with van der Waals surface area (Å²) in [5.74, 6) is 0.826. The average molecular weight is 371 g/mol. The van der Waals surface area contributed by atoms with Gasteiger partial charge in [-0.05, 0) is 30.9 Å². The minimum atomic E-state index is 0.673. The second kappa shape index (κ2) is 8.78. The summed E-state index contributed by atoms with van der Waals surface area (Å²) in [6.07, 6.45) is 0. The van der Waals surface area contributed by atoms with Crippen molar-refractivity contribution in [3.63, 3.8) is 0 Å². The predicted molar refractivity (Wildman–Crippen MR) is 108 cm³/mol. The van der Waals surface area contributed by atoms with Crippen molar-refractivity contribution in [2.75, 3.05) is 6.54 Å². The van der Waals surface area contributed by atoms with Crippen molar-refractivity contribution < 1.29 is 0 Å². The number of thiophene rings is 1. The molecule has 2 heterocycles. The Morgan fingerprint density at radius 2 is 1.96 bits per heavy atom. The van der Waals surface area contributed by atoms with Crippen molar-refractivity contribution in [3.05, 3.63) is 62.6 Å². The molecule has 0 saturated heterocycles. The quantitative estimate of drug-likeness (QED) is 0.498. The Kier molecular flexibility index (Phi) is 6.19. The Balaban J connectivity index is 1.62. The third-order valence-electron chi connectivity index (χ3n) is 3.72. The molecule has 4 nitrogen and oxygen atoms in total. The molecule has 0 radical (unpaired) electrons. The number of benzene rings is 1. The van der Waals surface area contributed by atoms with Crippen LogP contribution in [0.2, 0.25) is 0 Å². The Morgan fingerprint density at radius 3 is 2.68 bits per heavy atom. The third kappa shape index (κ3) is 4.90. The van der Waals surface area contributed by atoms with E-state index in [1.54, 1.807) is 22.7 Å². The van der Waals surface area contributed by atoms with Crippen LogP contribution in [0.4, 0.5) is 0 Å². The van der Waals surface area contributed by atoms with Gasteiger partial charge in [0.1, 0.15) is 5.01 Å². The van der Waals surface area contributed by atoms with Crippen molar-refractivity contribution in [3.8, 4) is 11.3 Å². The van der Waals surface area contributed by atoms with E-state index in [-0.39, 0.29) is 0 Å². The van der Waals surface area contributed by atoms with Crippen LogP contribution in [0.3, 0.4) is 0 Å². The third-order valence-corrected chi connectivity index (χ3v) is 5.58. The van der Waals surface area contributed by atoms with Crippen LogP contribution in [0.25, 0.3) is 11.3 Å². The zero-order valence-electron chi connectivity index (χ0n) is 14.5. The highest BCUT2D eigenvalue weighted by molar-refractivity contribution is 7.10. The Labute approximate surface area is 156 Å². The molecule has 25 heavy (non-hydrogen) atoms.